The number of thiazole rings is 1. The Morgan fingerprint density at radius 1 is 1.43 bits per heavy atom. The van der Waals surface area contributed by atoms with E-state index in [9.17, 15) is 0 Å². The Labute approximate surface area is 130 Å². The SMILES string of the molecule is C/C=c1\sc(C2=CCC=C(C#N)C=C2)n\c1=C(/C)CCC. The highest BCUT2D eigenvalue weighted by Crippen LogP contribution is 2.20. The lowest BCUT2D eigenvalue weighted by Crippen LogP contribution is -2.23. The van der Waals surface area contributed by atoms with Gasteiger partial charge in [-0.2, -0.15) is 5.26 Å². The highest BCUT2D eigenvalue weighted by Gasteiger charge is 2.07. The molecular formula is C18H20N2S. The van der Waals surface area contributed by atoms with E-state index in [1.165, 1.54) is 10.1 Å². The molecule has 0 atom stereocenters. The van der Waals surface area contributed by atoms with E-state index in [0.717, 1.165) is 35.2 Å². The van der Waals surface area contributed by atoms with Crippen molar-refractivity contribution in [2.24, 2.45) is 0 Å². The molecule has 0 spiro atoms. The zero-order valence-electron chi connectivity index (χ0n) is 12.8. The van der Waals surface area contributed by atoms with Crippen molar-refractivity contribution in [3.63, 3.8) is 0 Å². The number of aromatic nitrogens is 1. The minimum Gasteiger partial charge on any atom is -0.236 e. The summed E-state index contributed by atoms with van der Waals surface area (Å²) in [5.74, 6) is 0. The molecule has 3 heteroatoms. The van der Waals surface area contributed by atoms with Gasteiger partial charge in [0.1, 0.15) is 5.01 Å². The molecule has 1 aromatic rings. The molecule has 2 rings (SSSR count). The lowest BCUT2D eigenvalue weighted by atomic mass is 10.1. The van der Waals surface area contributed by atoms with E-state index in [1.54, 1.807) is 11.3 Å². The van der Waals surface area contributed by atoms with Gasteiger partial charge in [0.15, 0.2) is 0 Å². The molecule has 0 aromatic carbocycles. The van der Waals surface area contributed by atoms with Crippen molar-refractivity contribution in [3.8, 4) is 6.07 Å². The first-order valence-electron chi connectivity index (χ1n) is 7.31. The second kappa shape index (κ2) is 7.19. The van der Waals surface area contributed by atoms with Crippen LogP contribution in [0.2, 0.25) is 0 Å². The summed E-state index contributed by atoms with van der Waals surface area (Å²) in [7, 11) is 0. The third kappa shape index (κ3) is 3.59. The number of nitriles is 1. The fraction of sp³-hybridized carbons (Fsp3) is 0.333. The third-order valence-electron chi connectivity index (χ3n) is 3.44. The Balaban J connectivity index is 2.47. The van der Waals surface area contributed by atoms with E-state index >= 15 is 0 Å². The zero-order chi connectivity index (χ0) is 15.2. The van der Waals surface area contributed by atoms with Gasteiger partial charge in [0, 0.05) is 11.1 Å². The van der Waals surface area contributed by atoms with Crippen molar-refractivity contribution >= 4 is 28.6 Å². The molecule has 21 heavy (non-hydrogen) atoms. The van der Waals surface area contributed by atoms with Gasteiger partial charge in [0.05, 0.1) is 16.0 Å². The molecule has 1 aliphatic carbocycles. The number of hydrogen-bond acceptors (Lipinski definition) is 3. The Morgan fingerprint density at radius 3 is 2.90 bits per heavy atom. The topological polar surface area (TPSA) is 36.7 Å². The van der Waals surface area contributed by atoms with Crippen LogP contribution in [0.1, 0.15) is 45.0 Å². The second-order valence-corrected chi connectivity index (χ2v) is 6.08. The van der Waals surface area contributed by atoms with Crippen LogP contribution < -0.4 is 9.88 Å². The summed E-state index contributed by atoms with van der Waals surface area (Å²) < 4.78 is 1.24. The first-order chi connectivity index (χ1) is 10.2. The van der Waals surface area contributed by atoms with Crippen molar-refractivity contribution < 1.29 is 0 Å². The minimum absolute atomic E-state index is 0.717. The molecule has 108 valence electrons. The van der Waals surface area contributed by atoms with E-state index < -0.39 is 0 Å². The van der Waals surface area contributed by atoms with Crippen LogP contribution in [0.15, 0.2) is 29.9 Å². The lowest BCUT2D eigenvalue weighted by Gasteiger charge is -1.95. The number of allylic oxidation sites excluding steroid dienone is 6. The molecule has 0 saturated carbocycles. The normalized spacial score (nSPS) is 17.0. The maximum atomic E-state index is 8.98. The van der Waals surface area contributed by atoms with E-state index in [2.05, 4.69) is 39.0 Å². The number of nitrogens with zero attached hydrogens (tertiary/aromatic N) is 2. The fourth-order valence-corrected chi connectivity index (χ4v) is 3.37. The average molecular weight is 296 g/mol. The first-order valence-corrected chi connectivity index (χ1v) is 8.13. The molecule has 0 fully saturated rings. The quantitative estimate of drug-likeness (QED) is 0.852. The summed E-state index contributed by atoms with van der Waals surface area (Å²) >= 11 is 1.73. The molecule has 1 aliphatic rings. The van der Waals surface area contributed by atoms with E-state index in [0.29, 0.717) is 5.57 Å². The Morgan fingerprint density at radius 2 is 2.24 bits per heavy atom. The van der Waals surface area contributed by atoms with Crippen molar-refractivity contribution in [2.45, 2.75) is 40.0 Å². The Bertz CT molecular complexity index is 767. The van der Waals surface area contributed by atoms with Crippen molar-refractivity contribution in [1.82, 2.24) is 4.98 Å². The van der Waals surface area contributed by atoms with Crippen molar-refractivity contribution in [1.29, 1.82) is 5.26 Å². The molecule has 0 aliphatic heterocycles. The largest absolute Gasteiger partial charge is 0.236 e. The molecule has 0 amide bonds. The molecule has 0 N–H and O–H groups in total. The maximum absolute atomic E-state index is 8.98. The molecule has 0 bridgehead atoms. The summed E-state index contributed by atoms with van der Waals surface area (Å²) in [6.45, 7) is 6.42. The summed E-state index contributed by atoms with van der Waals surface area (Å²) in [4.78, 5) is 4.84. The van der Waals surface area contributed by atoms with Crippen LogP contribution in [0, 0.1) is 11.3 Å². The molecule has 0 saturated heterocycles. The monoisotopic (exact) mass is 296 g/mol. The second-order valence-electron chi connectivity index (χ2n) is 5.05. The number of rotatable bonds is 3. The van der Waals surface area contributed by atoms with Gasteiger partial charge in [-0.3, -0.25) is 0 Å². The van der Waals surface area contributed by atoms with Crippen LogP contribution in [-0.2, 0) is 0 Å². The molecule has 0 unspecified atom stereocenters. The maximum Gasteiger partial charge on any atom is 0.124 e. The molecular weight excluding hydrogens is 276 g/mol. The third-order valence-corrected chi connectivity index (χ3v) is 4.61. The minimum atomic E-state index is 0.717. The standard InChI is InChI=1S/C18H20N2S/c1-4-7-13(3)17-16(5-2)21-18(20-17)15-9-6-8-14(12-19)10-11-15/h5,8-11H,4,6-7H2,1-3H3/b16-5-,17-13+. The highest BCUT2D eigenvalue weighted by atomic mass is 32.1. The van der Waals surface area contributed by atoms with Gasteiger partial charge < -0.3 is 0 Å². The predicted molar refractivity (Wildman–Crippen MR) is 90.9 cm³/mol. The van der Waals surface area contributed by atoms with E-state index in [1.807, 2.05) is 18.2 Å². The summed E-state index contributed by atoms with van der Waals surface area (Å²) in [5, 5.41) is 11.1. The molecule has 1 heterocycles. The molecule has 1 aromatic heterocycles. The smallest absolute Gasteiger partial charge is 0.124 e. The summed E-state index contributed by atoms with van der Waals surface area (Å²) in [6, 6.07) is 2.19. The summed E-state index contributed by atoms with van der Waals surface area (Å²) in [6.07, 6.45) is 13.1. The lowest BCUT2D eigenvalue weighted by molar-refractivity contribution is 0.955. The van der Waals surface area contributed by atoms with Gasteiger partial charge in [0.25, 0.3) is 0 Å². The van der Waals surface area contributed by atoms with E-state index in [-0.39, 0.29) is 0 Å². The van der Waals surface area contributed by atoms with Crippen LogP contribution in [0.4, 0.5) is 0 Å². The molecule has 2 nitrogen and oxygen atoms in total. The van der Waals surface area contributed by atoms with Crippen LogP contribution >= 0.6 is 11.3 Å². The summed E-state index contributed by atoms with van der Waals surface area (Å²) in [5.41, 5.74) is 3.18. The van der Waals surface area contributed by atoms with Gasteiger partial charge in [-0.1, -0.05) is 37.6 Å². The highest BCUT2D eigenvalue weighted by molar-refractivity contribution is 7.10. The predicted octanol–water partition coefficient (Wildman–Crippen LogP) is 3.71. The van der Waals surface area contributed by atoms with Gasteiger partial charge in [-0.25, -0.2) is 4.98 Å². The zero-order valence-corrected chi connectivity index (χ0v) is 13.6. The molecule has 0 radical (unpaired) electrons. The Hall–Kier alpha value is -1.92. The van der Waals surface area contributed by atoms with Gasteiger partial charge in [-0.05, 0) is 38.3 Å². The first kappa shape index (κ1) is 15.5. The van der Waals surface area contributed by atoms with Crippen LogP contribution in [-0.4, -0.2) is 4.98 Å². The number of hydrogen-bond donors (Lipinski definition) is 0. The van der Waals surface area contributed by atoms with Crippen LogP contribution in [0.5, 0.6) is 0 Å². The van der Waals surface area contributed by atoms with Crippen LogP contribution in [0.3, 0.4) is 0 Å². The van der Waals surface area contributed by atoms with Crippen molar-refractivity contribution in [2.75, 3.05) is 0 Å². The van der Waals surface area contributed by atoms with Crippen molar-refractivity contribution in [3.05, 3.63) is 44.8 Å². The van der Waals surface area contributed by atoms with Gasteiger partial charge in [-0.15, -0.1) is 11.3 Å². The fourth-order valence-electron chi connectivity index (χ4n) is 2.32. The van der Waals surface area contributed by atoms with Crippen LogP contribution in [0.25, 0.3) is 17.2 Å². The van der Waals surface area contributed by atoms with Gasteiger partial charge >= 0.3 is 0 Å². The average Bonchev–Trinajstić information content (AvgIpc) is 2.78. The van der Waals surface area contributed by atoms with Gasteiger partial charge in [0.2, 0.25) is 0 Å². The Kier molecular flexibility index (Phi) is 5.30. The van der Waals surface area contributed by atoms with E-state index in [4.69, 9.17) is 10.2 Å².